The predicted molar refractivity (Wildman–Crippen MR) is 86.2 cm³/mol. The Bertz CT molecular complexity index is 641. The molecule has 0 aromatic heterocycles. The van der Waals surface area contributed by atoms with Gasteiger partial charge in [-0.25, -0.2) is 8.78 Å². The van der Waals surface area contributed by atoms with Crippen molar-refractivity contribution in [3.05, 3.63) is 57.6 Å². The smallest absolute Gasteiger partial charge is 0.148 e. The van der Waals surface area contributed by atoms with Crippen molar-refractivity contribution in [1.29, 1.82) is 0 Å². The van der Waals surface area contributed by atoms with Crippen LogP contribution in [-0.4, -0.2) is 6.54 Å². The molecule has 21 heavy (non-hydrogen) atoms. The quantitative estimate of drug-likeness (QED) is 0.575. The molecule has 0 spiro atoms. The van der Waals surface area contributed by atoms with Gasteiger partial charge in [-0.15, -0.1) is 0 Å². The first-order valence-electron chi connectivity index (χ1n) is 6.98. The summed E-state index contributed by atoms with van der Waals surface area (Å²) in [4.78, 5) is 0. The van der Waals surface area contributed by atoms with Crippen LogP contribution in [0.25, 0.3) is 11.1 Å². The number of rotatable bonds is 5. The lowest BCUT2D eigenvalue weighted by Gasteiger charge is -2.14. The van der Waals surface area contributed by atoms with Gasteiger partial charge in [0.15, 0.2) is 0 Å². The lowest BCUT2D eigenvalue weighted by molar-refractivity contribution is 0.584. The Kier molecular flexibility index (Phi) is 5.48. The van der Waals surface area contributed by atoms with Crippen LogP contribution in [0, 0.1) is 18.6 Å². The molecule has 2 aromatic rings. The Morgan fingerprint density at radius 3 is 2.62 bits per heavy atom. The third kappa shape index (κ3) is 3.69. The normalized spacial score (nSPS) is 10.9. The largest absolute Gasteiger partial charge is 0.313 e. The van der Waals surface area contributed by atoms with Crippen molar-refractivity contribution >= 4 is 15.9 Å². The van der Waals surface area contributed by atoms with E-state index < -0.39 is 11.6 Å². The monoisotopic (exact) mass is 353 g/mol. The van der Waals surface area contributed by atoms with Crippen LogP contribution in [0.5, 0.6) is 0 Å². The predicted octanol–water partition coefficient (Wildman–Crippen LogP) is 5.20. The average molecular weight is 354 g/mol. The molecule has 0 saturated heterocycles. The van der Waals surface area contributed by atoms with Crippen LogP contribution in [0.3, 0.4) is 0 Å². The van der Waals surface area contributed by atoms with Gasteiger partial charge in [-0.1, -0.05) is 30.7 Å². The van der Waals surface area contributed by atoms with Gasteiger partial charge in [-0.05, 0) is 59.1 Å². The molecule has 2 aromatic carbocycles. The summed E-state index contributed by atoms with van der Waals surface area (Å²) in [5.74, 6) is -1.10. The summed E-state index contributed by atoms with van der Waals surface area (Å²) in [7, 11) is 0. The molecule has 0 aliphatic carbocycles. The number of aryl methyl sites for hydroxylation is 1. The fourth-order valence-electron chi connectivity index (χ4n) is 2.25. The van der Waals surface area contributed by atoms with Gasteiger partial charge in [0, 0.05) is 6.54 Å². The van der Waals surface area contributed by atoms with Gasteiger partial charge < -0.3 is 5.32 Å². The standard InChI is InChI=1S/C17H18BrF2N/c1-3-8-21-10-12-5-4-11(2)9-13(12)16-15(19)7-6-14(18)17(16)20/h4-7,9,21H,3,8,10H2,1-2H3. The van der Waals surface area contributed by atoms with E-state index in [1.807, 2.05) is 25.1 Å². The van der Waals surface area contributed by atoms with E-state index in [0.717, 1.165) is 24.1 Å². The van der Waals surface area contributed by atoms with E-state index in [-0.39, 0.29) is 10.0 Å². The number of nitrogens with one attached hydrogen (secondary N) is 1. The molecule has 0 fully saturated rings. The maximum Gasteiger partial charge on any atom is 0.148 e. The Labute approximate surface area is 132 Å². The highest BCUT2D eigenvalue weighted by Crippen LogP contribution is 2.33. The summed E-state index contributed by atoms with van der Waals surface area (Å²) < 4.78 is 28.7. The summed E-state index contributed by atoms with van der Waals surface area (Å²) in [6, 6.07) is 8.39. The molecule has 0 aliphatic rings. The Morgan fingerprint density at radius 1 is 1.14 bits per heavy atom. The average Bonchev–Trinajstić information content (AvgIpc) is 2.46. The van der Waals surface area contributed by atoms with Gasteiger partial charge >= 0.3 is 0 Å². The summed E-state index contributed by atoms with van der Waals surface area (Å²) in [5.41, 5.74) is 2.50. The maximum atomic E-state index is 14.3. The SMILES string of the molecule is CCCNCc1ccc(C)cc1-c1c(F)ccc(Br)c1F. The van der Waals surface area contributed by atoms with E-state index in [0.29, 0.717) is 12.1 Å². The molecule has 0 atom stereocenters. The van der Waals surface area contributed by atoms with Gasteiger partial charge in [0.1, 0.15) is 11.6 Å². The molecule has 0 saturated carbocycles. The summed E-state index contributed by atoms with van der Waals surface area (Å²) in [6.45, 7) is 5.46. The Balaban J connectivity index is 2.52. The van der Waals surface area contributed by atoms with Crippen LogP contribution in [0.2, 0.25) is 0 Å². The van der Waals surface area contributed by atoms with E-state index in [1.54, 1.807) is 0 Å². The van der Waals surface area contributed by atoms with E-state index in [1.165, 1.54) is 12.1 Å². The molecule has 0 heterocycles. The third-order valence-corrected chi connectivity index (χ3v) is 3.93. The molecular weight excluding hydrogens is 336 g/mol. The highest BCUT2D eigenvalue weighted by molar-refractivity contribution is 9.10. The summed E-state index contributed by atoms with van der Waals surface area (Å²) in [6.07, 6.45) is 1.01. The minimum absolute atomic E-state index is 0.0290. The van der Waals surface area contributed by atoms with Gasteiger partial charge in [0.2, 0.25) is 0 Å². The molecule has 112 valence electrons. The molecule has 0 radical (unpaired) electrons. The lowest BCUT2D eigenvalue weighted by atomic mass is 9.96. The molecule has 0 aliphatic heterocycles. The summed E-state index contributed by atoms with van der Waals surface area (Å²) in [5, 5.41) is 3.28. The highest BCUT2D eigenvalue weighted by Gasteiger charge is 2.17. The molecule has 0 amide bonds. The molecule has 1 nitrogen and oxygen atoms in total. The van der Waals surface area contributed by atoms with Crippen molar-refractivity contribution in [1.82, 2.24) is 5.32 Å². The van der Waals surface area contributed by atoms with E-state index >= 15 is 0 Å². The zero-order valence-electron chi connectivity index (χ0n) is 12.1. The number of benzene rings is 2. The highest BCUT2D eigenvalue weighted by atomic mass is 79.9. The van der Waals surface area contributed by atoms with Crippen molar-refractivity contribution in [2.24, 2.45) is 0 Å². The van der Waals surface area contributed by atoms with Crippen LogP contribution in [-0.2, 0) is 6.54 Å². The second-order valence-electron chi connectivity index (χ2n) is 5.06. The van der Waals surface area contributed by atoms with E-state index in [4.69, 9.17) is 0 Å². The zero-order chi connectivity index (χ0) is 15.4. The maximum absolute atomic E-state index is 14.3. The van der Waals surface area contributed by atoms with E-state index in [2.05, 4.69) is 28.2 Å². The van der Waals surface area contributed by atoms with Gasteiger partial charge in [0.25, 0.3) is 0 Å². The number of hydrogen-bond acceptors (Lipinski definition) is 1. The molecular formula is C17H18BrF2N. The first-order valence-corrected chi connectivity index (χ1v) is 7.78. The molecule has 0 bridgehead atoms. The van der Waals surface area contributed by atoms with Crippen molar-refractivity contribution < 1.29 is 8.78 Å². The minimum Gasteiger partial charge on any atom is -0.313 e. The third-order valence-electron chi connectivity index (χ3n) is 3.32. The fraction of sp³-hybridized carbons (Fsp3) is 0.294. The van der Waals surface area contributed by atoms with Crippen LogP contribution >= 0.6 is 15.9 Å². The second kappa shape index (κ2) is 7.14. The van der Waals surface area contributed by atoms with Crippen LogP contribution in [0.4, 0.5) is 8.78 Å². The molecule has 2 rings (SSSR count). The van der Waals surface area contributed by atoms with Gasteiger partial charge in [0.05, 0.1) is 10.0 Å². The fourth-order valence-corrected chi connectivity index (χ4v) is 2.58. The Morgan fingerprint density at radius 2 is 1.90 bits per heavy atom. The van der Waals surface area contributed by atoms with Crippen LogP contribution in [0.15, 0.2) is 34.8 Å². The van der Waals surface area contributed by atoms with Crippen molar-refractivity contribution in [3.8, 4) is 11.1 Å². The van der Waals surface area contributed by atoms with Crippen molar-refractivity contribution in [3.63, 3.8) is 0 Å². The van der Waals surface area contributed by atoms with Crippen LogP contribution < -0.4 is 5.32 Å². The van der Waals surface area contributed by atoms with Crippen molar-refractivity contribution in [2.45, 2.75) is 26.8 Å². The molecule has 4 heteroatoms. The van der Waals surface area contributed by atoms with Crippen molar-refractivity contribution in [2.75, 3.05) is 6.54 Å². The van der Waals surface area contributed by atoms with Crippen LogP contribution in [0.1, 0.15) is 24.5 Å². The molecule has 1 N–H and O–H groups in total. The topological polar surface area (TPSA) is 12.0 Å². The first-order chi connectivity index (χ1) is 10.0. The number of halogens is 3. The van der Waals surface area contributed by atoms with Gasteiger partial charge in [-0.2, -0.15) is 0 Å². The van der Waals surface area contributed by atoms with E-state index in [9.17, 15) is 8.78 Å². The van der Waals surface area contributed by atoms with Gasteiger partial charge in [-0.3, -0.25) is 0 Å². The lowest BCUT2D eigenvalue weighted by Crippen LogP contribution is -2.14. The second-order valence-corrected chi connectivity index (χ2v) is 5.91. The first kappa shape index (κ1) is 16.1. The number of hydrogen-bond donors (Lipinski definition) is 1. The summed E-state index contributed by atoms with van der Waals surface area (Å²) >= 11 is 3.13. The minimum atomic E-state index is -0.558. The zero-order valence-corrected chi connectivity index (χ0v) is 13.7. The molecule has 0 unspecified atom stereocenters. The Hall–Kier alpha value is -1.26.